The molecule has 1 unspecified atom stereocenters. The summed E-state index contributed by atoms with van der Waals surface area (Å²) >= 11 is 6.30. The van der Waals surface area contributed by atoms with Crippen molar-refractivity contribution in [3.8, 4) is 0 Å². The van der Waals surface area contributed by atoms with Gasteiger partial charge in [0.1, 0.15) is 11.8 Å². The molecule has 0 spiro atoms. The number of anilines is 1. The molecule has 2 aromatic carbocycles. The van der Waals surface area contributed by atoms with Crippen molar-refractivity contribution in [2.24, 2.45) is 0 Å². The SMILES string of the molecule is Cc1ccc(/C(O)=C2\C(=O)C(=O)N(c3cccc(Cl)c3C)C2c2ccccn2)cc1C. The van der Waals surface area contributed by atoms with Crippen LogP contribution >= 0.6 is 11.6 Å². The number of Topliss-reactive ketones (excluding diaryl/α,β-unsaturated/α-hetero) is 1. The quantitative estimate of drug-likeness (QED) is 0.347. The van der Waals surface area contributed by atoms with E-state index < -0.39 is 17.7 Å². The summed E-state index contributed by atoms with van der Waals surface area (Å²) in [6.45, 7) is 5.68. The molecule has 0 saturated carbocycles. The molecule has 2 heterocycles. The van der Waals surface area contributed by atoms with Crippen LogP contribution < -0.4 is 4.90 Å². The Balaban J connectivity index is 1.98. The fourth-order valence-electron chi connectivity index (χ4n) is 3.80. The molecule has 3 aromatic rings. The van der Waals surface area contributed by atoms with Crippen molar-refractivity contribution in [3.63, 3.8) is 0 Å². The number of hydrogen-bond donors (Lipinski definition) is 1. The number of aliphatic hydroxyl groups excluding tert-OH is 1. The van der Waals surface area contributed by atoms with Crippen molar-refractivity contribution in [1.82, 2.24) is 4.98 Å². The van der Waals surface area contributed by atoms with Crippen LogP contribution in [-0.4, -0.2) is 21.8 Å². The van der Waals surface area contributed by atoms with Gasteiger partial charge in [0.15, 0.2) is 0 Å². The predicted octanol–water partition coefficient (Wildman–Crippen LogP) is 5.29. The second-order valence-electron chi connectivity index (χ2n) is 7.61. The summed E-state index contributed by atoms with van der Waals surface area (Å²) in [5, 5.41) is 11.7. The van der Waals surface area contributed by atoms with Gasteiger partial charge in [-0.1, -0.05) is 35.9 Å². The summed E-state index contributed by atoms with van der Waals surface area (Å²) in [6, 6.07) is 15.0. The van der Waals surface area contributed by atoms with E-state index in [1.54, 1.807) is 61.7 Å². The Morgan fingerprint density at radius 3 is 2.45 bits per heavy atom. The van der Waals surface area contributed by atoms with Gasteiger partial charge in [0.2, 0.25) is 0 Å². The molecule has 5 nitrogen and oxygen atoms in total. The van der Waals surface area contributed by atoms with Crippen molar-refractivity contribution in [3.05, 3.63) is 99.3 Å². The maximum Gasteiger partial charge on any atom is 0.300 e. The van der Waals surface area contributed by atoms with Gasteiger partial charge in [0, 0.05) is 22.5 Å². The van der Waals surface area contributed by atoms with Crippen LogP contribution in [0.2, 0.25) is 5.02 Å². The minimum absolute atomic E-state index is 0.00586. The molecule has 1 atom stereocenters. The third-order valence-corrected chi connectivity index (χ3v) is 6.10. The molecule has 1 aliphatic rings. The molecule has 0 bridgehead atoms. The lowest BCUT2D eigenvalue weighted by molar-refractivity contribution is -0.132. The van der Waals surface area contributed by atoms with E-state index in [1.165, 1.54) is 4.90 Å². The van der Waals surface area contributed by atoms with Crippen LogP contribution in [0.25, 0.3) is 5.76 Å². The normalized spacial score (nSPS) is 17.9. The van der Waals surface area contributed by atoms with Crippen LogP contribution in [0.5, 0.6) is 0 Å². The number of rotatable bonds is 3. The number of pyridine rings is 1. The summed E-state index contributed by atoms with van der Waals surface area (Å²) in [5.41, 5.74) is 4.16. The fourth-order valence-corrected chi connectivity index (χ4v) is 3.97. The zero-order chi connectivity index (χ0) is 22.3. The van der Waals surface area contributed by atoms with Crippen molar-refractivity contribution >= 4 is 34.7 Å². The number of amides is 1. The van der Waals surface area contributed by atoms with Gasteiger partial charge in [-0.3, -0.25) is 19.5 Å². The summed E-state index contributed by atoms with van der Waals surface area (Å²) in [5.74, 6) is -1.71. The van der Waals surface area contributed by atoms with Gasteiger partial charge < -0.3 is 5.11 Å². The molecule has 1 fully saturated rings. The molecular weight excluding hydrogens is 412 g/mol. The van der Waals surface area contributed by atoms with Crippen molar-refractivity contribution in [1.29, 1.82) is 0 Å². The Labute approximate surface area is 185 Å². The first kappa shape index (κ1) is 20.8. The van der Waals surface area contributed by atoms with E-state index in [1.807, 2.05) is 19.9 Å². The molecule has 156 valence electrons. The molecule has 6 heteroatoms. The minimum Gasteiger partial charge on any atom is -0.507 e. The van der Waals surface area contributed by atoms with Crippen LogP contribution in [0.4, 0.5) is 5.69 Å². The highest BCUT2D eigenvalue weighted by molar-refractivity contribution is 6.52. The van der Waals surface area contributed by atoms with Gasteiger partial charge in [-0.05, 0) is 67.8 Å². The highest BCUT2D eigenvalue weighted by atomic mass is 35.5. The van der Waals surface area contributed by atoms with Crippen molar-refractivity contribution < 1.29 is 14.7 Å². The molecule has 1 N–H and O–H groups in total. The molecule has 1 aromatic heterocycles. The molecule has 1 aliphatic heterocycles. The second-order valence-corrected chi connectivity index (χ2v) is 8.01. The van der Waals surface area contributed by atoms with Crippen LogP contribution in [0.15, 0.2) is 66.4 Å². The van der Waals surface area contributed by atoms with Crippen molar-refractivity contribution in [2.45, 2.75) is 26.8 Å². The third-order valence-electron chi connectivity index (χ3n) is 5.69. The second kappa shape index (κ2) is 8.00. The third kappa shape index (κ3) is 3.51. The molecular formula is C25H21ClN2O3. The summed E-state index contributed by atoms with van der Waals surface area (Å²) < 4.78 is 0. The van der Waals surface area contributed by atoms with E-state index in [0.29, 0.717) is 27.5 Å². The highest BCUT2D eigenvalue weighted by Crippen LogP contribution is 2.43. The molecule has 0 aliphatic carbocycles. The van der Waals surface area contributed by atoms with Crippen LogP contribution in [0.3, 0.4) is 0 Å². The number of nitrogens with zero attached hydrogens (tertiary/aromatic N) is 2. The number of aromatic nitrogens is 1. The first-order chi connectivity index (χ1) is 14.8. The van der Waals surface area contributed by atoms with E-state index in [-0.39, 0.29) is 11.3 Å². The Hall–Kier alpha value is -3.44. The highest BCUT2D eigenvalue weighted by Gasteiger charge is 2.48. The smallest absolute Gasteiger partial charge is 0.300 e. The zero-order valence-corrected chi connectivity index (χ0v) is 18.1. The average Bonchev–Trinajstić information content (AvgIpc) is 3.03. The monoisotopic (exact) mass is 432 g/mol. The Kier molecular flexibility index (Phi) is 5.38. The molecule has 0 radical (unpaired) electrons. The van der Waals surface area contributed by atoms with Crippen LogP contribution in [-0.2, 0) is 9.59 Å². The summed E-state index contributed by atoms with van der Waals surface area (Å²) in [4.78, 5) is 32.1. The van der Waals surface area contributed by atoms with E-state index in [0.717, 1.165) is 11.1 Å². The maximum atomic E-state index is 13.2. The standard InChI is InChI=1S/C25H21ClN2O3/c1-14-10-11-17(13-15(14)2)23(29)21-22(19-8-4-5-12-27-19)28(25(31)24(21)30)20-9-6-7-18(26)16(20)3/h4-13,22,29H,1-3H3/b23-21+. The van der Waals surface area contributed by atoms with Crippen molar-refractivity contribution in [2.75, 3.05) is 4.90 Å². The summed E-state index contributed by atoms with van der Waals surface area (Å²) in [6.07, 6.45) is 1.59. The first-order valence-corrected chi connectivity index (χ1v) is 10.2. The van der Waals surface area contributed by atoms with Gasteiger partial charge in [-0.15, -0.1) is 0 Å². The molecule has 1 amide bonds. The Bertz CT molecular complexity index is 1230. The van der Waals surface area contributed by atoms with Crippen LogP contribution in [0.1, 0.15) is 34.0 Å². The Morgan fingerprint density at radius 1 is 1.00 bits per heavy atom. The average molecular weight is 433 g/mol. The van der Waals surface area contributed by atoms with Gasteiger partial charge in [0.25, 0.3) is 11.7 Å². The minimum atomic E-state index is -0.875. The van der Waals surface area contributed by atoms with Gasteiger partial charge >= 0.3 is 0 Å². The van der Waals surface area contributed by atoms with E-state index in [4.69, 9.17) is 11.6 Å². The fraction of sp³-hybridized carbons (Fsp3) is 0.160. The van der Waals surface area contributed by atoms with Crippen LogP contribution in [0, 0.1) is 20.8 Å². The number of aliphatic hydroxyl groups is 1. The van der Waals surface area contributed by atoms with Gasteiger partial charge in [-0.25, -0.2) is 0 Å². The topological polar surface area (TPSA) is 70.5 Å². The Morgan fingerprint density at radius 2 is 1.77 bits per heavy atom. The lowest BCUT2D eigenvalue weighted by Gasteiger charge is -2.26. The molecule has 31 heavy (non-hydrogen) atoms. The van der Waals surface area contributed by atoms with E-state index >= 15 is 0 Å². The number of aryl methyl sites for hydroxylation is 2. The number of carbonyl (C=O) groups excluding carboxylic acids is 2. The lowest BCUT2D eigenvalue weighted by Crippen LogP contribution is -2.30. The number of hydrogen-bond acceptors (Lipinski definition) is 4. The zero-order valence-electron chi connectivity index (χ0n) is 17.4. The lowest BCUT2D eigenvalue weighted by atomic mass is 9.96. The molecule has 4 rings (SSSR count). The number of ketones is 1. The van der Waals surface area contributed by atoms with Gasteiger partial charge in [-0.2, -0.15) is 0 Å². The van der Waals surface area contributed by atoms with Gasteiger partial charge in [0.05, 0.1) is 11.3 Å². The first-order valence-electron chi connectivity index (χ1n) is 9.86. The van der Waals surface area contributed by atoms with E-state index in [2.05, 4.69) is 4.98 Å². The summed E-state index contributed by atoms with van der Waals surface area (Å²) in [7, 11) is 0. The molecule has 1 saturated heterocycles. The number of halogens is 1. The largest absolute Gasteiger partial charge is 0.507 e. The predicted molar refractivity (Wildman–Crippen MR) is 121 cm³/mol. The number of carbonyl (C=O) groups is 2. The number of benzene rings is 2. The maximum absolute atomic E-state index is 13.2. The van der Waals surface area contributed by atoms with E-state index in [9.17, 15) is 14.7 Å².